The van der Waals surface area contributed by atoms with E-state index < -0.39 is 0 Å². The topological polar surface area (TPSA) is 96.0 Å². The summed E-state index contributed by atoms with van der Waals surface area (Å²) in [4.78, 5) is 32.9. The van der Waals surface area contributed by atoms with Gasteiger partial charge in [-0.25, -0.2) is 4.79 Å². The second-order valence-electron chi connectivity index (χ2n) is 8.43. The van der Waals surface area contributed by atoms with Crippen molar-refractivity contribution in [1.82, 2.24) is 20.1 Å². The summed E-state index contributed by atoms with van der Waals surface area (Å²) < 4.78 is 10.8. The molecule has 9 nitrogen and oxygen atoms in total. The minimum absolute atomic E-state index is 0.151. The molecule has 2 heterocycles. The van der Waals surface area contributed by atoms with Gasteiger partial charge in [0, 0.05) is 50.7 Å². The Kier molecular flexibility index (Phi) is 9.09. The zero-order chi connectivity index (χ0) is 24.5. The number of nitrogens with one attached hydrogen (secondary N) is 2. The lowest BCUT2D eigenvalue weighted by molar-refractivity contribution is -0.130. The van der Waals surface area contributed by atoms with Gasteiger partial charge in [0.2, 0.25) is 5.91 Å². The molecule has 3 rings (SSSR count). The number of rotatable bonds is 10. The molecule has 0 saturated carbocycles. The van der Waals surface area contributed by atoms with Crippen LogP contribution in [0.15, 0.2) is 30.5 Å². The Morgan fingerprint density at radius 2 is 1.88 bits per heavy atom. The molecule has 3 amide bonds. The van der Waals surface area contributed by atoms with E-state index in [1.54, 1.807) is 33.5 Å². The maximum absolute atomic E-state index is 12.8. The summed E-state index contributed by atoms with van der Waals surface area (Å²) in [5.41, 5.74) is 3.81. The number of carbonyl (C=O) groups excluding carboxylic acids is 2. The number of amides is 3. The molecule has 0 fully saturated rings. The van der Waals surface area contributed by atoms with E-state index in [0.717, 1.165) is 61.4 Å². The second kappa shape index (κ2) is 12.2. The fourth-order valence-corrected chi connectivity index (χ4v) is 4.09. The molecule has 0 saturated heterocycles. The highest BCUT2D eigenvalue weighted by atomic mass is 16.5. The first-order valence-corrected chi connectivity index (χ1v) is 11.6. The van der Waals surface area contributed by atoms with Crippen LogP contribution < -0.4 is 20.1 Å². The number of ether oxygens (including phenoxy) is 2. The summed E-state index contributed by atoms with van der Waals surface area (Å²) in [5.74, 6) is 1.51. The molecule has 184 valence electrons. The molecule has 1 aliphatic rings. The maximum Gasteiger partial charge on any atom is 0.318 e. The van der Waals surface area contributed by atoms with Crippen molar-refractivity contribution in [2.24, 2.45) is 0 Å². The van der Waals surface area contributed by atoms with Crippen LogP contribution in [0.5, 0.6) is 11.5 Å². The predicted octanol–water partition coefficient (Wildman–Crippen LogP) is 2.34. The Bertz CT molecular complexity index is 997. The van der Waals surface area contributed by atoms with E-state index in [9.17, 15) is 9.59 Å². The van der Waals surface area contributed by atoms with Crippen molar-refractivity contribution in [2.75, 3.05) is 59.8 Å². The van der Waals surface area contributed by atoms with E-state index in [-0.39, 0.29) is 11.9 Å². The molecular weight excluding hydrogens is 434 g/mol. The number of nitrogens with zero attached hydrogens (tertiary/aromatic N) is 3. The van der Waals surface area contributed by atoms with Crippen LogP contribution in [0.3, 0.4) is 0 Å². The number of hydrogen-bond acceptors (Lipinski definition) is 6. The van der Waals surface area contributed by atoms with Gasteiger partial charge in [0.15, 0.2) is 11.5 Å². The summed E-state index contributed by atoms with van der Waals surface area (Å²) in [6.07, 6.45) is 4.58. The molecule has 9 heteroatoms. The van der Waals surface area contributed by atoms with Gasteiger partial charge in [-0.15, -0.1) is 0 Å². The molecule has 1 aromatic heterocycles. The van der Waals surface area contributed by atoms with Crippen LogP contribution in [0.4, 0.5) is 10.5 Å². The molecular formula is C25H35N5O4. The minimum Gasteiger partial charge on any atom is -0.493 e. The number of benzene rings is 1. The standard InChI is InChI=1S/C25H35N5O4/c1-26-25(32)28-21-6-9-27-20(17-21)8-12-29(2)10-5-11-30-13-7-18-14-22(33-3)23(34-4)15-19(18)16-24(30)31/h6,9,14-15,17H,5,7-8,10-13,16H2,1-4H3,(H2,26,27,28,32). The van der Waals surface area contributed by atoms with Crippen molar-refractivity contribution >= 4 is 17.6 Å². The van der Waals surface area contributed by atoms with Crippen molar-refractivity contribution in [3.05, 3.63) is 47.3 Å². The molecule has 1 aliphatic heterocycles. The fourth-order valence-electron chi connectivity index (χ4n) is 4.09. The van der Waals surface area contributed by atoms with Gasteiger partial charge in [0.05, 0.1) is 20.6 Å². The number of methoxy groups -OCH3 is 2. The number of anilines is 1. The van der Waals surface area contributed by atoms with Gasteiger partial charge in [-0.2, -0.15) is 0 Å². The zero-order valence-electron chi connectivity index (χ0n) is 20.5. The Hall–Kier alpha value is -3.33. The molecule has 34 heavy (non-hydrogen) atoms. The number of urea groups is 1. The highest BCUT2D eigenvalue weighted by Crippen LogP contribution is 2.32. The molecule has 2 aromatic rings. The third-order valence-corrected chi connectivity index (χ3v) is 6.07. The Labute approximate surface area is 201 Å². The number of pyridine rings is 1. The van der Waals surface area contributed by atoms with E-state index in [0.29, 0.717) is 24.5 Å². The van der Waals surface area contributed by atoms with Crippen LogP contribution in [-0.2, 0) is 24.1 Å². The molecule has 0 bridgehead atoms. The second-order valence-corrected chi connectivity index (χ2v) is 8.43. The van der Waals surface area contributed by atoms with Gasteiger partial charge >= 0.3 is 6.03 Å². The van der Waals surface area contributed by atoms with Crippen molar-refractivity contribution in [2.45, 2.75) is 25.7 Å². The van der Waals surface area contributed by atoms with Gasteiger partial charge in [0.25, 0.3) is 0 Å². The Morgan fingerprint density at radius 3 is 2.59 bits per heavy atom. The third-order valence-electron chi connectivity index (χ3n) is 6.07. The summed E-state index contributed by atoms with van der Waals surface area (Å²) in [6, 6.07) is 7.33. The number of likely N-dealkylation sites (N-methyl/N-ethyl adjacent to an activating group) is 1. The maximum atomic E-state index is 12.8. The van der Waals surface area contributed by atoms with E-state index in [1.165, 1.54) is 0 Å². The lowest BCUT2D eigenvalue weighted by atomic mass is 10.0. The van der Waals surface area contributed by atoms with Crippen LogP contribution in [0, 0.1) is 0 Å². The quantitative estimate of drug-likeness (QED) is 0.555. The number of hydrogen-bond donors (Lipinski definition) is 2. The first-order chi connectivity index (χ1) is 16.4. The molecule has 0 atom stereocenters. The summed E-state index contributed by atoms with van der Waals surface area (Å²) in [5, 5.41) is 5.30. The normalized spacial score (nSPS) is 13.3. The van der Waals surface area contributed by atoms with Crippen LogP contribution in [0.25, 0.3) is 0 Å². The van der Waals surface area contributed by atoms with Gasteiger partial charge in [-0.3, -0.25) is 9.78 Å². The zero-order valence-corrected chi connectivity index (χ0v) is 20.5. The lowest BCUT2D eigenvalue weighted by Crippen LogP contribution is -2.35. The monoisotopic (exact) mass is 469 g/mol. The molecule has 0 aliphatic carbocycles. The van der Waals surface area contributed by atoms with E-state index in [4.69, 9.17) is 9.47 Å². The molecule has 1 aromatic carbocycles. The summed E-state index contributed by atoms with van der Waals surface area (Å²) in [6.45, 7) is 3.17. The molecule has 0 radical (unpaired) electrons. The van der Waals surface area contributed by atoms with E-state index >= 15 is 0 Å². The SMILES string of the molecule is CNC(=O)Nc1ccnc(CCN(C)CCCN2CCc3cc(OC)c(OC)cc3CC2=O)c1. The summed E-state index contributed by atoms with van der Waals surface area (Å²) in [7, 11) is 6.90. The van der Waals surface area contributed by atoms with Crippen LogP contribution in [-0.4, -0.2) is 81.2 Å². The fraction of sp³-hybridized carbons (Fsp3) is 0.480. The van der Waals surface area contributed by atoms with E-state index in [2.05, 4.69) is 27.6 Å². The number of carbonyl (C=O) groups is 2. The van der Waals surface area contributed by atoms with Crippen molar-refractivity contribution in [1.29, 1.82) is 0 Å². The number of fused-ring (bicyclic) bond motifs is 1. The minimum atomic E-state index is -0.251. The van der Waals surface area contributed by atoms with Crippen LogP contribution in [0.2, 0.25) is 0 Å². The lowest BCUT2D eigenvalue weighted by Gasteiger charge is -2.22. The Balaban J connectivity index is 1.45. The average Bonchev–Trinajstić information content (AvgIpc) is 2.99. The van der Waals surface area contributed by atoms with Gasteiger partial charge in [-0.1, -0.05) is 0 Å². The van der Waals surface area contributed by atoms with Crippen molar-refractivity contribution in [3.8, 4) is 11.5 Å². The smallest absolute Gasteiger partial charge is 0.318 e. The van der Waals surface area contributed by atoms with E-state index in [1.807, 2.05) is 23.1 Å². The highest BCUT2D eigenvalue weighted by molar-refractivity contribution is 5.88. The van der Waals surface area contributed by atoms with Gasteiger partial charge < -0.3 is 29.9 Å². The predicted molar refractivity (Wildman–Crippen MR) is 132 cm³/mol. The third kappa shape index (κ3) is 6.84. The van der Waals surface area contributed by atoms with Crippen molar-refractivity contribution in [3.63, 3.8) is 0 Å². The van der Waals surface area contributed by atoms with Crippen molar-refractivity contribution < 1.29 is 19.1 Å². The van der Waals surface area contributed by atoms with Gasteiger partial charge in [0.1, 0.15) is 0 Å². The number of aromatic nitrogens is 1. The highest BCUT2D eigenvalue weighted by Gasteiger charge is 2.22. The molecule has 0 spiro atoms. The van der Waals surface area contributed by atoms with Crippen LogP contribution in [0.1, 0.15) is 23.2 Å². The average molecular weight is 470 g/mol. The summed E-state index contributed by atoms with van der Waals surface area (Å²) >= 11 is 0. The largest absolute Gasteiger partial charge is 0.493 e. The first-order valence-electron chi connectivity index (χ1n) is 11.6. The first kappa shape index (κ1) is 25.3. The van der Waals surface area contributed by atoms with Crippen LogP contribution >= 0.6 is 0 Å². The van der Waals surface area contributed by atoms with Gasteiger partial charge in [-0.05, 0) is 61.8 Å². The molecule has 0 unspecified atom stereocenters. The molecule has 2 N–H and O–H groups in total. The Morgan fingerprint density at radius 1 is 1.15 bits per heavy atom.